The highest BCUT2D eigenvalue weighted by Crippen LogP contribution is 2.35. The summed E-state index contributed by atoms with van der Waals surface area (Å²) in [7, 11) is 0. The van der Waals surface area contributed by atoms with Crippen LogP contribution in [0.25, 0.3) is 10.9 Å². The zero-order valence-corrected chi connectivity index (χ0v) is 14.6. The molecule has 1 atom stereocenters. The van der Waals surface area contributed by atoms with Crippen LogP contribution in [0.5, 0.6) is 11.5 Å². The molecule has 0 radical (unpaired) electrons. The summed E-state index contributed by atoms with van der Waals surface area (Å²) in [5.41, 5.74) is 5.17. The highest BCUT2D eigenvalue weighted by molar-refractivity contribution is 6.06. The van der Waals surface area contributed by atoms with Gasteiger partial charge in [0.05, 0.1) is 0 Å². The molecule has 2 aromatic carbocycles. The van der Waals surface area contributed by atoms with Gasteiger partial charge < -0.3 is 19.8 Å². The summed E-state index contributed by atoms with van der Waals surface area (Å²) in [4.78, 5) is 16.2. The predicted octanol–water partition coefficient (Wildman–Crippen LogP) is 4.27. The molecule has 1 amide bonds. The van der Waals surface area contributed by atoms with E-state index in [1.54, 1.807) is 6.07 Å². The molecule has 26 heavy (non-hydrogen) atoms. The van der Waals surface area contributed by atoms with Crippen LogP contribution in [0, 0.1) is 5.92 Å². The molecule has 5 nitrogen and oxygen atoms in total. The number of nitrogens with one attached hydrogen (secondary N) is 2. The number of aromatic amines is 1. The van der Waals surface area contributed by atoms with Crippen LogP contribution in [0.1, 0.15) is 35.0 Å². The molecule has 132 valence electrons. The number of hydrogen-bond donors (Lipinski definition) is 2. The fourth-order valence-electron chi connectivity index (χ4n) is 3.91. The van der Waals surface area contributed by atoms with Gasteiger partial charge in [0, 0.05) is 33.9 Å². The summed E-state index contributed by atoms with van der Waals surface area (Å²) in [6.07, 6.45) is 3.38. The average Bonchev–Trinajstić information content (AvgIpc) is 3.24. The highest BCUT2D eigenvalue weighted by Gasteiger charge is 2.21. The number of anilines is 1. The van der Waals surface area contributed by atoms with Crippen LogP contribution in [-0.2, 0) is 12.8 Å². The van der Waals surface area contributed by atoms with Gasteiger partial charge in [0.1, 0.15) is 0 Å². The van der Waals surface area contributed by atoms with Gasteiger partial charge >= 0.3 is 0 Å². The van der Waals surface area contributed by atoms with E-state index in [1.807, 2.05) is 30.3 Å². The van der Waals surface area contributed by atoms with Crippen molar-refractivity contribution in [3.8, 4) is 11.5 Å². The van der Waals surface area contributed by atoms with Crippen molar-refractivity contribution in [3.05, 3.63) is 53.2 Å². The summed E-state index contributed by atoms with van der Waals surface area (Å²) in [5, 5.41) is 4.12. The maximum Gasteiger partial charge on any atom is 0.255 e. The van der Waals surface area contributed by atoms with Gasteiger partial charge in [-0.25, -0.2) is 0 Å². The van der Waals surface area contributed by atoms with Crippen LogP contribution in [0.2, 0.25) is 0 Å². The number of carbonyl (C=O) groups is 1. The molecule has 0 saturated carbocycles. The molecule has 5 heteroatoms. The first-order chi connectivity index (χ1) is 12.7. The quantitative estimate of drug-likeness (QED) is 0.727. The Balaban J connectivity index is 1.45. The largest absolute Gasteiger partial charge is 0.454 e. The third-order valence-electron chi connectivity index (χ3n) is 5.33. The number of benzene rings is 2. The maximum absolute atomic E-state index is 12.7. The summed E-state index contributed by atoms with van der Waals surface area (Å²) >= 11 is 0. The molecule has 2 heterocycles. The third kappa shape index (κ3) is 2.51. The van der Waals surface area contributed by atoms with Gasteiger partial charge in [0.25, 0.3) is 5.91 Å². The molecule has 0 spiro atoms. The van der Waals surface area contributed by atoms with Gasteiger partial charge in [0.15, 0.2) is 11.5 Å². The molecule has 2 N–H and O–H groups in total. The minimum Gasteiger partial charge on any atom is -0.454 e. The second-order valence-corrected chi connectivity index (χ2v) is 7.21. The number of amides is 1. The lowest BCUT2D eigenvalue weighted by Gasteiger charge is -2.18. The van der Waals surface area contributed by atoms with Crippen molar-refractivity contribution in [2.24, 2.45) is 5.92 Å². The molecule has 1 aliphatic carbocycles. The number of fused-ring (bicyclic) bond motifs is 4. The standard InChI is InChI=1S/C21H20N2O3/c1-12-2-5-17-15(8-12)16-9-13(3-6-18(16)23-17)21(24)22-14-4-7-19-20(10-14)26-11-25-19/h3-4,6-7,9-10,12,23H,2,5,8,11H2,1H3,(H,22,24)/t12-/m0/s1. The summed E-state index contributed by atoms with van der Waals surface area (Å²) in [5.74, 6) is 1.93. The van der Waals surface area contributed by atoms with Gasteiger partial charge in [-0.2, -0.15) is 0 Å². The van der Waals surface area contributed by atoms with Gasteiger partial charge in [-0.1, -0.05) is 6.92 Å². The molecule has 5 rings (SSSR count). The van der Waals surface area contributed by atoms with E-state index in [9.17, 15) is 4.79 Å². The lowest BCUT2D eigenvalue weighted by atomic mass is 9.87. The highest BCUT2D eigenvalue weighted by atomic mass is 16.7. The van der Waals surface area contributed by atoms with Crippen LogP contribution in [0.4, 0.5) is 5.69 Å². The van der Waals surface area contributed by atoms with Crippen LogP contribution in [-0.4, -0.2) is 17.7 Å². The number of hydrogen-bond acceptors (Lipinski definition) is 3. The van der Waals surface area contributed by atoms with Gasteiger partial charge in [-0.3, -0.25) is 4.79 Å². The Morgan fingerprint density at radius 3 is 2.96 bits per heavy atom. The van der Waals surface area contributed by atoms with Crippen molar-refractivity contribution in [1.82, 2.24) is 4.98 Å². The zero-order valence-electron chi connectivity index (χ0n) is 14.6. The van der Waals surface area contributed by atoms with Crippen molar-refractivity contribution in [2.75, 3.05) is 12.1 Å². The van der Waals surface area contributed by atoms with Gasteiger partial charge in [-0.15, -0.1) is 0 Å². The van der Waals surface area contributed by atoms with Crippen molar-refractivity contribution < 1.29 is 14.3 Å². The molecule has 0 fully saturated rings. The molecule has 3 aromatic rings. The number of aryl methyl sites for hydroxylation is 1. The molecular weight excluding hydrogens is 328 g/mol. The van der Waals surface area contributed by atoms with Crippen molar-refractivity contribution >= 4 is 22.5 Å². The molecule has 2 aliphatic rings. The van der Waals surface area contributed by atoms with E-state index >= 15 is 0 Å². The van der Waals surface area contributed by atoms with Crippen LogP contribution in [0.3, 0.4) is 0 Å². The second-order valence-electron chi connectivity index (χ2n) is 7.21. The monoisotopic (exact) mass is 348 g/mol. The Morgan fingerprint density at radius 1 is 1.15 bits per heavy atom. The number of rotatable bonds is 2. The predicted molar refractivity (Wildman–Crippen MR) is 100 cm³/mol. The molecular formula is C21H20N2O3. The van der Waals surface area contributed by atoms with Crippen molar-refractivity contribution in [3.63, 3.8) is 0 Å². The van der Waals surface area contributed by atoms with Crippen LogP contribution >= 0.6 is 0 Å². The summed E-state index contributed by atoms with van der Waals surface area (Å²) in [6, 6.07) is 11.3. The SMILES string of the molecule is C[C@H]1CCc2[nH]c3ccc(C(=O)Nc4ccc5c(c4)OCO5)cc3c2C1. The normalized spacial score (nSPS) is 18.0. The van der Waals surface area contributed by atoms with Crippen molar-refractivity contribution in [2.45, 2.75) is 26.2 Å². The Labute approximate surface area is 151 Å². The molecule has 0 unspecified atom stereocenters. The molecule has 1 aliphatic heterocycles. The van der Waals surface area contributed by atoms with E-state index in [0.717, 1.165) is 18.4 Å². The van der Waals surface area contributed by atoms with Crippen LogP contribution < -0.4 is 14.8 Å². The Bertz CT molecular complexity index is 1020. The maximum atomic E-state index is 12.7. The number of H-pyrrole nitrogens is 1. The topological polar surface area (TPSA) is 63.4 Å². The van der Waals surface area contributed by atoms with Gasteiger partial charge in [0.2, 0.25) is 6.79 Å². The lowest BCUT2D eigenvalue weighted by molar-refractivity contribution is 0.102. The number of aromatic nitrogens is 1. The lowest BCUT2D eigenvalue weighted by Crippen LogP contribution is -2.12. The molecule has 0 bridgehead atoms. The first-order valence-electron chi connectivity index (χ1n) is 9.02. The Hall–Kier alpha value is -2.95. The van der Waals surface area contributed by atoms with Crippen LogP contribution in [0.15, 0.2) is 36.4 Å². The Morgan fingerprint density at radius 2 is 2.04 bits per heavy atom. The Kier molecular flexibility index (Phi) is 3.42. The van der Waals surface area contributed by atoms with E-state index < -0.39 is 0 Å². The average molecular weight is 348 g/mol. The van der Waals surface area contributed by atoms with Gasteiger partial charge in [-0.05, 0) is 61.1 Å². The van der Waals surface area contributed by atoms with E-state index in [4.69, 9.17) is 9.47 Å². The minimum absolute atomic E-state index is 0.121. The smallest absolute Gasteiger partial charge is 0.255 e. The molecule has 0 saturated heterocycles. The van der Waals surface area contributed by atoms with E-state index in [1.165, 1.54) is 23.1 Å². The van der Waals surface area contributed by atoms with E-state index in [0.29, 0.717) is 28.7 Å². The van der Waals surface area contributed by atoms with Crippen molar-refractivity contribution in [1.29, 1.82) is 0 Å². The fourth-order valence-corrected chi connectivity index (χ4v) is 3.91. The third-order valence-corrected chi connectivity index (χ3v) is 5.33. The number of ether oxygens (including phenoxy) is 2. The summed E-state index contributed by atoms with van der Waals surface area (Å²) < 4.78 is 10.7. The van der Waals surface area contributed by atoms with E-state index in [2.05, 4.69) is 17.2 Å². The summed E-state index contributed by atoms with van der Waals surface area (Å²) in [6.45, 7) is 2.51. The molecule has 1 aromatic heterocycles. The first-order valence-corrected chi connectivity index (χ1v) is 9.02. The minimum atomic E-state index is -0.121. The first kappa shape index (κ1) is 15.3. The zero-order chi connectivity index (χ0) is 17.7. The number of carbonyl (C=O) groups excluding carboxylic acids is 1. The van der Waals surface area contributed by atoms with E-state index in [-0.39, 0.29) is 12.7 Å². The fraction of sp³-hybridized carbons (Fsp3) is 0.286. The second kappa shape index (κ2) is 5.80.